The molecule has 1 nitrogen and oxygen atoms in total. The number of hydrogen-bond donors (Lipinski definition) is 1. The Labute approximate surface area is 165 Å². The van der Waals surface area contributed by atoms with Crippen LogP contribution in [0.2, 0.25) is 0 Å². The van der Waals surface area contributed by atoms with Gasteiger partial charge in [-0.05, 0) is 70.0 Å². The van der Waals surface area contributed by atoms with Gasteiger partial charge in [-0.1, -0.05) is 78.4 Å². The molecule has 2 aliphatic carbocycles. The number of nitrogen functional groups attached to an aromatic ring is 1. The lowest BCUT2D eigenvalue weighted by atomic mass is 9.61. The number of anilines is 1. The lowest BCUT2D eigenvalue weighted by Gasteiger charge is -2.40. The number of rotatable bonds is 0. The van der Waals surface area contributed by atoms with E-state index < -0.39 is 0 Å². The molecule has 28 heavy (non-hydrogen) atoms. The van der Waals surface area contributed by atoms with Crippen LogP contribution in [0.3, 0.4) is 0 Å². The number of hydrogen-bond acceptors (Lipinski definition) is 1. The summed E-state index contributed by atoms with van der Waals surface area (Å²) in [7, 11) is 0. The van der Waals surface area contributed by atoms with Gasteiger partial charge in [-0.2, -0.15) is 0 Å². The molecule has 2 aliphatic rings. The van der Waals surface area contributed by atoms with Crippen molar-refractivity contribution in [3.8, 4) is 11.1 Å². The molecule has 1 spiro atoms. The van der Waals surface area contributed by atoms with Gasteiger partial charge in [0.2, 0.25) is 0 Å². The van der Waals surface area contributed by atoms with Crippen molar-refractivity contribution in [1.82, 2.24) is 0 Å². The van der Waals surface area contributed by atoms with Crippen LogP contribution in [0.5, 0.6) is 0 Å². The van der Waals surface area contributed by atoms with Crippen molar-refractivity contribution in [3.63, 3.8) is 0 Å². The fourth-order valence-electron chi connectivity index (χ4n) is 5.47. The first-order valence-electron chi connectivity index (χ1n) is 9.88. The maximum atomic E-state index is 6.33. The van der Waals surface area contributed by atoms with Gasteiger partial charge in [0.25, 0.3) is 0 Å². The first-order valence-corrected chi connectivity index (χ1v) is 9.88. The van der Waals surface area contributed by atoms with Crippen molar-refractivity contribution in [2.24, 2.45) is 0 Å². The van der Waals surface area contributed by atoms with Crippen LogP contribution >= 0.6 is 0 Å². The summed E-state index contributed by atoms with van der Waals surface area (Å²) in [4.78, 5) is 0. The molecule has 2 N–H and O–H groups in total. The number of fused-ring (bicyclic) bond motifs is 9. The predicted molar refractivity (Wildman–Crippen MR) is 116 cm³/mol. The third-order valence-corrected chi connectivity index (χ3v) is 6.54. The summed E-state index contributed by atoms with van der Waals surface area (Å²) in [5, 5.41) is 0. The molecule has 0 unspecified atom stereocenters. The Hall–Kier alpha value is -3.32. The Kier molecular flexibility index (Phi) is 3.01. The summed E-state index contributed by atoms with van der Waals surface area (Å²) in [5.74, 6) is 0. The fourth-order valence-corrected chi connectivity index (χ4v) is 5.47. The minimum atomic E-state index is -0.294. The van der Waals surface area contributed by atoms with Crippen molar-refractivity contribution in [1.29, 1.82) is 0 Å². The van der Waals surface area contributed by atoms with E-state index in [1.165, 1.54) is 50.1 Å². The summed E-state index contributed by atoms with van der Waals surface area (Å²) in [6.07, 6.45) is 0.979. The highest BCUT2D eigenvalue weighted by atomic mass is 14.6. The first kappa shape index (κ1) is 15.7. The van der Waals surface area contributed by atoms with Crippen molar-refractivity contribution in [2.45, 2.75) is 18.8 Å². The highest BCUT2D eigenvalue weighted by Gasteiger charge is 2.49. The molecule has 0 heterocycles. The quantitative estimate of drug-likeness (QED) is 0.339. The van der Waals surface area contributed by atoms with Crippen LogP contribution in [0.25, 0.3) is 11.1 Å². The van der Waals surface area contributed by atoms with Gasteiger partial charge in [0.1, 0.15) is 0 Å². The number of benzene rings is 4. The van der Waals surface area contributed by atoms with Gasteiger partial charge in [-0.25, -0.2) is 0 Å². The van der Waals surface area contributed by atoms with E-state index in [0.717, 1.165) is 12.1 Å². The molecule has 4 aromatic rings. The van der Waals surface area contributed by atoms with E-state index in [1.54, 1.807) is 0 Å². The Morgan fingerprint density at radius 1 is 0.643 bits per heavy atom. The predicted octanol–water partition coefficient (Wildman–Crippen LogP) is 5.84. The minimum Gasteiger partial charge on any atom is -0.399 e. The summed E-state index contributed by atoms with van der Waals surface area (Å²) in [6.45, 7) is 2.19. The van der Waals surface area contributed by atoms with Crippen molar-refractivity contribution in [2.75, 3.05) is 5.73 Å². The minimum absolute atomic E-state index is 0.294. The van der Waals surface area contributed by atoms with Gasteiger partial charge in [0, 0.05) is 5.69 Å². The molecule has 0 saturated carbocycles. The second-order valence-electron chi connectivity index (χ2n) is 8.10. The molecule has 0 radical (unpaired) electrons. The van der Waals surface area contributed by atoms with Crippen LogP contribution in [0.15, 0.2) is 84.9 Å². The molecule has 6 rings (SSSR count). The summed E-state index contributed by atoms with van der Waals surface area (Å²) >= 11 is 0. The lowest BCUT2D eigenvalue weighted by molar-refractivity contribution is 0.721. The molecule has 1 heteroatoms. The smallest absolute Gasteiger partial charge is 0.0719 e. The maximum absolute atomic E-state index is 6.33. The van der Waals surface area contributed by atoms with E-state index in [2.05, 4.69) is 85.8 Å². The van der Waals surface area contributed by atoms with Crippen molar-refractivity contribution >= 4 is 5.69 Å². The zero-order chi connectivity index (χ0) is 18.9. The second kappa shape index (κ2) is 5.36. The van der Waals surface area contributed by atoms with E-state index >= 15 is 0 Å². The van der Waals surface area contributed by atoms with Crippen LogP contribution in [0, 0.1) is 6.92 Å². The van der Waals surface area contributed by atoms with Crippen molar-refractivity contribution in [3.05, 3.63) is 124 Å². The number of aryl methyl sites for hydroxylation is 1. The Bertz CT molecular complexity index is 1170. The average Bonchev–Trinajstić information content (AvgIpc) is 2.98. The van der Waals surface area contributed by atoms with Crippen LogP contribution in [-0.4, -0.2) is 0 Å². The van der Waals surface area contributed by atoms with E-state index in [-0.39, 0.29) is 5.41 Å². The van der Waals surface area contributed by atoms with Crippen LogP contribution in [0.1, 0.15) is 38.9 Å². The first-order chi connectivity index (χ1) is 13.7. The molecule has 0 bridgehead atoms. The van der Waals surface area contributed by atoms with Gasteiger partial charge >= 0.3 is 0 Å². The standard InChI is InChI=1S/C27H21N/c1-17-10-12-21-22-13-11-20(28)16-26(22)27(25(21)14-17)23-8-4-2-6-18(23)15-19-7-3-5-9-24(19)27/h2-14,16H,15,28H2,1H3. The molecule has 0 aromatic heterocycles. The third-order valence-electron chi connectivity index (χ3n) is 6.54. The highest BCUT2D eigenvalue weighted by Crippen LogP contribution is 2.59. The number of nitrogens with two attached hydrogens (primary N) is 1. The molecule has 0 amide bonds. The van der Waals surface area contributed by atoms with Crippen LogP contribution < -0.4 is 5.73 Å². The zero-order valence-corrected chi connectivity index (χ0v) is 15.9. The van der Waals surface area contributed by atoms with Gasteiger partial charge in [-0.15, -0.1) is 0 Å². The summed E-state index contributed by atoms with van der Waals surface area (Å²) in [5.41, 5.74) is 19.1. The molecule has 0 fully saturated rings. The molecule has 4 aromatic carbocycles. The molecular weight excluding hydrogens is 338 g/mol. The topological polar surface area (TPSA) is 26.0 Å². The van der Waals surface area contributed by atoms with E-state index in [9.17, 15) is 0 Å². The lowest BCUT2D eigenvalue weighted by Crippen LogP contribution is -2.34. The third kappa shape index (κ3) is 1.81. The molecule has 0 atom stereocenters. The maximum Gasteiger partial charge on any atom is 0.0719 e. The largest absolute Gasteiger partial charge is 0.399 e. The molecule has 134 valence electrons. The second-order valence-corrected chi connectivity index (χ2v) is 8.10. The van der Waals surface area contributed by atoms with E-state index in [4.69, 9.17) is 5.73 Å². The Morgan fingerprint density at radius 2 is 1.21 bits per heavy atom. The Morgan fingerprint density at radius 3 is 1.89 bits per heavy atom. The average molecular weight is 359 g/mol. The van der Waals surface area contributed by atoms with Crippen molar-refractivity contribution < 1.29 is 0 Å². The summed E-state index contributed by atoms with van der Waals surface area (Å²) in [6, 6.07) is 31.2. The van der Waals surface area contributed by atoms with Gasteiger partial charge in [0.05, 0.1) is 5.41 Å². The van der Waals surface area contributed by atoms with Gasteiger partial charge in [-0.3, -0.25) is 0 Å². The van der Waals surface area contributed by atoms with E-state index in [0.29, 0.717) is 0 Å². The fraction of sp³-hybridized carbons (Fsp3) is 0.111. The van der Waals surface area contributed by atoms with Gasteiger partial charge in [0.15, 0.2) is 0 Å². The highest BCUT2D eigenvalue weighted by molar-refractivity contribution is 5.89. The SMILES string of the molecule is Cc1ccc2c(c1)C1(c3ccccc3Cc3ccccc31)c1cc(N)ccc1-2. The van der Waals surface area contributed by atoms with Crippen LogP contribution in [-0.2, 0) is 11.8 Å². The normalized spacial score (nSPS) is 14.9. The molecule has 0 saturated heterocycles. The Balaban J connectivity index is 1.87. The van der Waals surface area contributed by atoms with E-state index in [1.807, 2.05) is 6.07 Å². The molecule has 0 aliphatic heterocycles. The summed E-state index contributed by atoms with van der Waals surface area (Å²) < 4.78 is 0. The zero-order valence-electron chi connectivity index (χ0n) is 15.9. The molecular formula is C27H21N. The van der Waals surface area contributed by atoms with Crippen LogP contribution in [0.4, 0.5) is 5.69 Å². The monoisotopic (exact) mass is 359 g/mol. The van der Waals surface area contributed by atoms with Gasteiger partial charge < -0.3 is 5.73 Å².